The molecule has 90 valence electrons. The number of hydrogen-bond donors (Lipinski definition) is 1. The highest BCUT2D eigenvalue weighted by Crippen LogP contribution is 2.33. The van der Waals surface area contributed by atoms with Crippen molar-refractivity contribution >= 4 is 27.7 Å². The van der Waals surface area contributed by atoms with Gasteiger partial charge in [-0.15, -0.1) is 11.8 Å². The number of halogens is 1. The Morgan fingerprint density at radius 3 is 2.56 bits per heavy atom. The number of thioether (sulfide) groups is 1. The maximum absolute atomic E-state index is 6.20. The molecule has 1 rings (SSSR count). The summed E-state index contributed by atoms with van der Waals surface area (Å²) in [6, 6.07) is 8.65. The Kier molecular flexibility index (Phi) is 6.47. The van der Waals surface area contributed by atoms with Crippen molar-refractivity contribution in [1.29, 1.82) is 0 Å². The van der Waals surface area contributed by atoms with Gasteiger partial charge in [0.15, 0.2) is 0 Å². The molecule has 0 aliphatic rings. The lowest BCUT2D eigenvalue weighted by atomic mass is 10.1. The van der Waals surface area contributed by atoms with Crippen molar-refractivity contribution in [3.63, 3.8) is 0 Å². The molecule has 0 fully saturated rings. The summed E-state index contributed by atoms with van der Waals surface area (Å²) in [5.41, 5.74) is 6.20. The van der Waals surface area contributed by atoms with Gasteiger partial charge in [-0.3, -0.25) is 0 Å². The minimum atomic E-state index is 0.298. The van der Waals surface area contributed by atoms with E-state index in [-0.39, 0.29) is 0 Å². The van der Waals surface area contributed by atoms with E-state index in [2.05, 4.69) is 48.0 Å². The first-order valence-electron chi connectivity index (χ1n) is 5.85. The summed E-state index contributed by atoms with van der Waals surface area (Å²) in [7, 11) is 0. The Bertz CT molecular complexity index is 317. The summed E-state index contributed by atoms with van der Waals surface area (Å²) in [5.74, 6) is 0. The van der Waals surface area contributed by atoms with Crippen LogP contribution in [0.3, 0.4) is 0 Å². The zero-order valence-electron chi connectivity index (χ0n) is 9.95. The summed E-state index contributed by atoms with van der Waals surface area (Å²) in [6.45, 7) is 4.40. The number of rotatable bonds is 6. The van der Waals surface area contributed by atoms with E-state index < -0.39 is 0 Å². The average molecular weight is 302 g/mol. The molecule has 2 unspecified atom stereocenters. The summed E-state index contributed by atoms with van der Waals surface area (Å²) in [4.78, 5) is 1.29. The van der Waals surface area contributed by atoms with Gasteiger partial charge in [-0.05, 0) is 40.9 Å². The number of nitrogens with two attached hydrogens (primary N) is 1. The average Bonchev–Trinajstić information content (AvgIpc) is 2.28. The molecule has 16 heavy (non-hydrogen) atoms. The van der Waals surface area contributed by atoms with Crippen LogP contribution in [0.1, 0.15) is 33.1 Å². The van der Waals surface area contributed by atoms with E-state index in [1.807, 2.05) is 17.8 Å². The second kappa shape index (κ2) is 7.36. The van der Waals surface area contributed by atoms with Crippen LogP contribution in [0.25, 0.3) is 0 Å². The lowest BCUT2D eigenvalue weighted by Crippen LogP contribution is -2.31. The van der Waals surface area contributed by atoms with Crippen molar-refractivity contribution in [2.24, 2.45) is 5.73 Å². The Labute approximate surface area is 111 Å². The van der Waals surface area contributed by atoms with Crippen LogP contribution in [0.2, 0.25) is 0 Å². The largest absolute Gasteiger partial charge is 0.327 e. The molecule has 1 aromatic rings. The topological polar surface area (TPSA) is 26.0 Å². The highest BCUT2D eigenvalue weighted by Gasteiger charge is 2.17. The Morgan fingerprint density at radius 2 is 2.00 bits per heavy atom. The first-order chi connectivity index (χ1) is 7.69. The molecule has 1 nitrogen and oxygen atoms in total. The van der Waals surface area contributed by atoms with Gasteiger partial charge in [-0.1, -0.05) is 32.4 Å². The number of hydrogen-bond acceptors (Lipinski definition) is 2. The van der Waals surface area contributed by atoms with Crippen molar-refractivity contribution in [2.45, 2.75) is 49.3 Å². The minimum Gasteiger partial charge on any atom is -0.327 e. The van der Waals surface area contributed by atoms with E-state index in [9.17, 15) is 0 Å². The molecule has 2 N–H and O–H groups in total. The van der Waals surface area contributed by atoms with Crippen LogP contribution < -0.4 is 5.73 Å². The highest BCUT2D eigenvalue weighted by molar-refractivity contribution is 9.10. The first kappa shape index (κ1) is 14.1. The molecular weight excluding hydrogens is 282 g/mol. The fourth-order valence-electron chi connectivity index (χ4n) is 1.70. The molecule has 0 spiro atoms. The molecule has 0 aromatic heterocycles. The van der Waals surface area contributed by atoms with E-state index >= 15 is 0 Å². The fourth-order valence-corrected chi connectivity index (χ4v) is 3.40. The van der Waals surface area contributed by atoms with Gasteiger partial charge in [0.1, 0.15) is 0 Å². The van der Waals surface area contributed by atoms with Crippen LogP contribution in [0.15, 0.2) is 33.6 Å². The quantitative estimate of drug-likeness (QED) is 0.786. The molecule has 0 radical (unpaired) electrons. The molecule has 0 saturated carbocycles. The maximum atomic E-state index is 6.20. The van der Waals surface area contributed by atoms with Crippen LogP contribution in [0.5, 0.6) is 0 Å². The van der Waals surface area contributed by atoms with Gasteiger partial charge in [0.2, 0.25) is 0 Å². The van der Waals surface area contributed by atoms with E-state index in [1.165, 1.54) is 9.37 Å². The van der Waals surface area contributed by atoms with Crippen molar-refractivity contribution < 1.29 is 0 Å². The van der Waals surface area contributed by atoms with E-state index in [0.29, 0.717) is 11.3 Å². The van der Waals surface area contributed by atoms with Gasteiger partial charge in [0.25, 0.3) is 0 Å². The van der Waals surface area contributed by atoms with Crippen LogP contribution in [0.4, 0.5) is 0 Å². The van der Waals surface area contributed by atoms with Crippen molar-refractivity contribution in [1.82, 2.24) is 0 Å². The van der Waals surface area contributed by atoms with E-state index in [1.54, 1.807) is 0 Å². The second-order valence-corrected chi connectivity index (χ2v) is 6.08. The summed E-state index contributed by atoms with van der Waals surface area (Å²) >= 11 is 5.47. The molecule has 0 bridgehead atoms. The molecule has 0 saturated heterocycles. The van der Waals surface area contributed by atoms with Gasteiger partial charge in [-0.2, -0.15) is 0 Å². The smallest absolute Gasteiger partial charge is 0.0311 e. The third-order valence-electron chi connectivity index (χ3n) is 2.62. The molecule has 2 atom stereocenters. The fraction of sp³-hybridized carbons (Fsp3) is 0.538. The van der Waals surface area contributed by atoms with Crippen molar-refractivity contribution in [3.05, 3.63) is 28.7 Å². The summed E-state index contributed by atoms with van der Waals surface area (Å²) < 4.78 is 1.17. The first-order valence-corrected chi connectivity index (χ1v) is 7.53. The zero-order chi connectivity index (χ0) is 12.0. The van der Waals surface area contributed by atoms with Gasteiger partial charge in [0.05, 0.1) is 0 Å². The maximum Gasteiger partial charge on any atom is 0.0311 e. The normalized spacial score (nSPS) is 14.8. The Hall–Kier alpha value is 0.01000. The summed E-state index contributed by atoms with van der Waals surface area (Å²) in [6.07, 6.45) is 3.39. The standard InChI is InChI=1S/C13H20BrNS/c1-3-7-11(15)12(4-2)16-13-9-6-5-8-10(13)14/h5-6,8-9,11-12H,3-4,7,15H2,1-2H3. The third kappa shape index (κ3) is 4.11. The van der Waals surface area contributed by atoms with Gasteiger partial charge < -0.3 is 5.73 Å². The minimum absolute atomic E-state index is 0.298. The molecule has 1 aromatic carbocycles. The lowest BCUT2D eigenvalue weighted by Gasteiger charge is -2.22. The van der Waals surface area contributed by atoms with Crippen LogP contribution in [0, 0.1) is 0 Å². The van der Waals surface area contributed by atoms with Crippen molar-refractivity contribution in [2.75, 3.05) is 0 Å². The van der Waals surface area contributed by atoms with Crippen LogP contribution >= 0.6 is 27.7 Å². The predicted octanol–water partition coefficient (Wildman–Crippen LogP) is 4.45. The molecule has 3 heteroatoms. The molecule has 0 amide bonds. The second-order valence-electron chi connectivity index (χ2n) is 3.95. The summed E-state index contributed by atoms with van der Waals surface area (Å²) in [5, 5.41) is 0.513. The van der Waals surface area contributed by atoms with Crippen molar-refractivity contribution in [3.8, 4) is 0 Å². The van der Waals surface area contributed by atoms with Gasteiger partial charge in [0, 0.05) is 20.7 Å². The van der Waals surface area contributed by atoms with Gasteiger partial charge >= 0.3 is 0 Å². The molecular formula is C13H20BrNS. The number of benzene rings is 1. The van der Waals surface area contributed by atoms with Gasteiger partial charge in [-0.25, -0.2) is 0 Å². The molecule has 0 aliphatic carbocycles. The van der Waals surface area contributed by atoms with Crippen LogP contribution in [-0.2, 0) is 0 Å². The monoisotopic (exact) mass is 301 g/mol. The Balaban J connectivity index is 2.66. The Morgan fingerprint density at radius 1 is 1.31 bits per heavy atom. The highest BCUT2D eigenvalue weighted by atomic mass is 79.9. The molecule has 0 heterocycles. The third-order valence-corrected chi connectivity index (χ3v) is 5.17. The van der Waals surface area contributed by atoms with Crippen LogP contribution in [-0.4, -0.2) is 11.3 Å². The molecule has 0 aliphatic heterocycles. The zero-order valence-corrected chi connectivity index (χ0v) is 12.4. The lowest BCUT2D eigenvalue weighted by molar-refractivity contribution is 0.566. The predicted molar refractivity (Wildman–Crippen MR) is 77.0 cm³/mol. The van der Waals surface area contributed by atoms with E-state index in [0.717, 1.165) is 19.3 Å². The SMILES string of the molecule is CCCC(N)C(CC)Sc1ccccc1Br. The van der Waals surface area contributed by atoms with E-state index in [4.69, 9.17) is 5.73 Å².